The Bertz CT molecular complexity index is 3140. The van der Waals surface area contributed by atoms with Crippen LogP contribution in [-0.4, -0.2) is 0 Å². The molecule has 11 aromatic rings. The Morgan fingerprint density at radius 2 is 0.804 bits per heavy atom. The molecule has 0 saturated carbocycles. The maximum Gasteiger partial charge on any atom is 0.143 e. The van der Waals surface area contributed by atoms with E-state index >= 15 is 0 Å². The summed E-state index contributed by atoms with van der Waals surface area (Å²) in [5.74, 6) is 0. The van der Waals surface area contributed by atoms with Crippen molar-refractivity contribution >= 4 is 75.8 Å². The predicted octanol–water partition coefficient (Wildman–Crippen LogP) is 14.4. The monoisotopic (exact) mass is 646 g/mol. The molecule has 0 aliphatic rings. The number of furan rings is 1. The minimum atomic E-state index is 0.929. The van der Waals surface area contributed by atoms with Crippen LogP contribution in [0.1, 0.15) is 0 Å². The molecule has 236 valence electrons. The maximum absolute atomic E-state index is 6.94. The number of hydrogen-bond donors (Lipinski definition) is 0. The van der Waals surface area contributed by atoms with Gasteiger partial charge >= 0.3 is 0 Å². The van der Waals surface area contributed by atoms with E-state index in [9.17, 15) is 0 Å². The van der Waals surface area contributed by atoms with Crippen LogP contribution < -0.4 is 0 Å². The lowest BCUT2D eigenvalue weighted by atomic mass is 9.85. The highest BCUT2D eigenvalue weighted by Gasteiger charge is 2.20. The van der Waals surface area contributed by atoms with E-state index in [4.69, 9.17) is 4.42 Å². The van der Waals surface area contributed by atoms with Crippen molar-refractivity contribution in [1.29, 1.82) is 0 Å². The van der Waals surface area contributed by atoms with Crippen LogP contribution >= 0.6 is 0 Å². The van der Waals surface area contributed by atoms with Crippen LogP contribution in [0, 0.1) is 0 Å². The molecule has 0 aliphatic carbocycles. The van der Waals surface area contributed by atoms with Crippen molar-refractivity contribution in [3.8, 4) is 33.4 Å². The van der Waals surface area contributed by atoms with Crippen LogP contribution in [0.15, 0.2) is 186 Å². The first-order valence-electron chi connectivity index (χ1n) is 17.6. The third kappa shape index (κ3) is 4.22. The van der Waals surface area contributed by atoms with Crippen LogP contribution in [0.4, 0.5) is 0 Å². The summed E-state index contributed by atoms with van der Waals surface area (Å²) in [6.07, 6.45) is 0. The zero-order chi connectivity index (χ0) is 33.5. The van der Waals surface area contributed by atoms with Crippen LogP contribution in [-0.2, 0) is 0 Å². The average molecular weight is 647 g/mol. The summed E-state index contributed by atoms with van der Waals surface area (Å²) in [7, 11) is 0. The number of benzene rings is 10. The third-order valence-corrected chi connectivity index (χ3v) is 10.8. The lowest BCUT2D eigenvalue weighted by Crippen LogP contribution is -1.91. The molecule has 0 fully saturated rings. The van der Waals surface area contributed by atoms with Crippen molar-refractivity contribution in [1.82, 2.24) is 0 Å². The zero-order valence-electron chi connectivity index (χ0n) is 27.7. The van der Waals surface area contributed by atoms with E-state index in [1.165, 1.54) is 76.1 Å². The van der Waals surface area contributed by atoms with Gasteiger partial charge in [-0.2, -0.15) is 0 Å². The van der Waals surface area contributed by atoms with Crippen LogP contribution in [0.5, 0.6) is 0 Å². The maximum atomic E-state index is 6.94. The smallest absolute Gasteiger partial charge is 0.143 e. The highest BCUT2D eigenvalue weighted by molar-refractivity contribution is 6.26. The van der Waals surface area contributed by atoms with Gasteiger partial charge in [-0.15, -0.1) is 0 Å². The fraction of sp³-hybridized carbons (Fsp3) is 0. The van der Waals surface area contributed by atoms with Gasteiger partial charge in [-0.3, -0.25) is 0 Å². The molecule has 0 bridgehead atoms. The minimum absolute atomic E-state index is 0.929. The summed E-state index contributed by atoms with van der Waals surface area (Å²) in [4.78, 5) is 0. The minimum Gasteiger partial charge on any atom is -0.455 e. The Kier molecular flexibility index (Phi) is 6.02. The molecule has 1 nitrogen and oxygen atoms in total. The van der Waals surface area contributed by atoms with E-state index in [-0.39, 0.29) is 0 Å². The molecule has 0 spiro atoms. The van der Waals surface area contributed by atoms with Gasteiger partial charge in [0.05, 0.1) is 0 Å². The quantitative estimate of drug-likeness (QED) is 0.174. The van der Waals surface area contributed by atoms with Gasteiger partial charge in [-0.1, -0.05) is 158 Å². The number of fused-ring (bicyclic) bond motifs is 10. The van der Waals surface area contributed by atoms with E-state index in [2.05, 4.69) is 182 Å². The van der Waals surface area contributed by atoms with E-state index in [0.29, 0.717) is 0 Å². The van der Waals surface area contributed by atoms with E-state index in [0.717, 1.165) is 33.1 Å². The summed E-state index contributed by atoms with van der Waals surface area (Å²) < 4.78 is 6.94. The first kappa shape index (κ1) is 28.2. The second-order valence-electron chi connectivity index (χ2n) is 13.6. The Morgan fingerprint density at radius 3 is 1.51 bits per heavy atom. The van der Waals surface area contributed by atoms with Crippen molar-refractivity contribution in [2.45, 2.75) is 0 Å². The molecule has 0 amide bonds. The standard InChI is InChI=1S/C50H30O/c1-2-14-33-28-37(25-24-31(33)12-1)47-42-22-9-7-20-40(42)46(41-21-8-10-23-43(41)47)36-17-11-16-34(29-36)45-30-35-15-4-5-18-38(35)48-44-27-26-32-13-3-6-19-39(32)49(44)51-50(45)48/h1-30H. The molecule has 1 aromatic heterocycles. The third-order valence-electron chi connectivity index (χ3n) is 10.8. The summed E-state index contributed by atoms with van der Waals surface area (Å²) in [5.41, 5.74) is 9.06. The van der Waals surface area contributed by atoms with Crippen molar-refractivity contribution in [3.05, 3.63) is 182 Å². The Labute approximate surface area is 294 Å². The lowest BCUT2D eigenvalue weighted by Gasteiger charge is -2.18. The summed E-state index contributed by atoms with van der Waals surface area (Å²) in [6.45, 7) is 0. The Balaban J connectivity index is 1.19. The van der Waals surface area contributed by atoms with Crippen LogP contribution in [0.25, 0.3) is 109 Å². The fourth-order valence-electron chi connectivity index (χ4n) is 8.51. The number of rotatable bonds is 3. The molecule has 0 unspecified atom stereocenters. The van der Waals surface area contributed by atoms with Gasteiger partial charge in [0.2, 0.25) is 0 Å². The molecular weight excluding hydrogens is 617 g/mol. The predicted molar refractivity (Wildman–Crippen MR) is 218 cm³/mol. The second kappa shape index (κ2) is 10.9. The molecule has 1 heteroatoms. The van der Waals surface area contributed by atoms with Gasteiger partial charge in [-0.05, 0) is 101 Å². The van der Waals surface area contributed by atoms with Crippen molar-refractivity contribution in [2.75, 3.05) is 0 Å². The normalized spacial score (nSPS) is 11.9. The first-order valence-corrected chi connectivity index (χ1v) is 17.6. The zero-order valence-corrected chi connectivity index (χ0v) is 27.7. The van der Waals surface area contributed by atoms with Gasteiger partial charge in [0.25, 0.3) is 0 Å². The summed E-state index contributed by atoms with van der Waals surface area (Å²) in [5, 5.41) is 14.6. The molecule has 10 aromatic carbocycles. The van der Waals surface area contributed by atoms with Crippen LogP contribution in [0.2, 0.25) is 0 Å². The molecule has 0 N–H and O–H groups in total. The van der Waals surface area contributed by atoms with Gasteiger partial charge < -0.3 is 4.42 Å². The van der Waals surface area contributed by atoms with Crippen LogP contribution in [0.3, 0.4) is 0 Å². The molecule has 0 saturated heterocycles. The highest BCUT2D eigenvalue weighted by Crippen LogP contribution is 2.47. The SMILES string of the molecule is c1cc(-c2c3ccccc3c(-c3ccc4ccccc4c3)c3ccccc23)cc(-c2cc3ccccc3c3c2oc2c4ccccc4ccc23)c1. The first-order chi connectivity index (χ1) is 25.3. The second-order valence-corrected chi connectivity index (χ2v) is 13.6. The molecular formula is C50H30O. The van der Waals surface area contributed by atoms with Gasteiger partial charge in [-0.25, -0.2) is 0 Å². The topological polar surface area (TPSA) is 13.1 Å². The molecule has 1 heterocycles. The van der Waals surface area contributed by atoms with E-state index < -0.39 is 0 Å². The molecule has 0 aliphatic heterocycles. The Hall–Kier alpha value is -6.70. The molecule has 0 radical (unpaired) electrons. The lowest BCUT2D eigenvalue weighted by molar-refractivity contribution is 0.674. The Morgan fingerprint density at radius 1 is 0.275 bits per heavy atom. The summed E-state index contributed by atoms with van der Waals surface area (Å²) >= 11 is 0. The molecule has 11 rings (SSSR count). The van der Waals surface area contributed by atoms with Gasteiger partial charge in [0.15, 0.2) is 0 Å². The fourth-order valence-corrected chi connectivity index (χ4v) is 8.51. The van der Waals surface area contributed by atoms with E-state index in [1.54, 1.807) is 0 Å². The van der Waals surface area contributed by atoms with Crippen molar-refractivity contribution < 1.29 is 4.42 Å². The van der Waals surface area contributed by atoms with Crippen molar-refractivity contribution in [3.63, 3.8) is 0 Å². The summed E-state index contributed by atoms with van der Waals surface area (Å²) in [6, 6.07) is 66.3. The van der Waals surface area contributed by atoms with Crippen molar-refractivity contribution in [2.24, 2.45) is 0 Å². The molecule has 0 atom stereocenters. The van der Waals surface area contributed by atoms with Gasteiger partial charge in [0.1, 0.15) is 11.2 Å². The highest BCUT2D eigenvalue weighted by atomic mass is 16.3. The van der Waals surface area contributed by atoms with E-state index in [1.807, 2.05) is 0 Å². The average Bonchev–Trinajstić information content (AvgIpc) is 3.60. The number of hydrogen-bond acceptors (Lipinski definition) is 1. The molecule has 51 heavy (non-hydrogen) atoms. The largest absolute Gasteiger partial charge is 0.455 e. The van der Waals surface area contributed by atoms with Gasteiger partial charge in [0, 0.05) is 21.7 Å².